The third-order valence-corrected chi connectivity index (χ3v) is 3.55. The predicted octanol–water partition coefficient (Wildman–Crippen LogP) is 2.68. The second-order valence-electron chi connectivity index (χ2n) is 5.76. The summed E-state index contributed by atoms with van der Waals surface area (Å²) < 4.78 is 5.09. The van der Waals surface area contributed by atoms with Crippen LogP contribution in [0.5, 0.6) is 0 Å². The number of nitrogens with two attached hydrogens (primary N) is 1. The quantitative estimate of drug-likeness (QED) is 0.617. The van der Waals surface area contributed by atoms with E-state index in [1.807, 2.05) is 31.2 Å². The van der Waals surface area contributed by atoms with Crippen LogP contribution in [0.25, 0.3) is 6.08 Å². The molecule has 6 nitrogen and oxygen atoms in total. The van der Waals surface area contributed by atoms with Gasteiger partial charge in [-0.05, 0) is 49.8 Å². The molecule has 2 rings (SSSR count). The molecule has 3 N–H and O–H groups in total. The number of amides is 2. The maximum absolute atomic E-state index is 12.1. The number of rotatable bonds is 6. The van der Waals surface area contributed by atoms with Crippen molar-refractivity contribution >= 4 is 29.5 Å². The minimum Gasteiger partial charge on any atom is -0.449 e. The van der Waals surface area contributed by atoms with Gasteiger partial charge in [-0.15, -0.1) is 0 Å². The number of hydrogen-bond acceptors (Lipinski definition) is 4. The Labute approximate surface area is 151 Å². The van der Waals surface area contributed by atoms with E-state index in [0.717, 1.165) is 11.1 Å². The molecule has 1 atom stereocenters. The monoisotopic (exact) mass is 352 g/mol. The molecular weight excluding hydrogens is 332 g/mol. The summed E-state index contributed by atoms with van der Waals surface area (Å²) in [5.41, 5.74) is 7.91. The fourth-order valence-electron chi connectivity index (χ4n) is 2.17. The smallest absolute Gasteiger partial charge is 0.331 e. The summed E-state index contributed by atoms with van der Waals surface area (Å²) in [5.74, 6) is -1.64. The summed E-state index contributed by atoms with van der Waals surface area (Å²) in [6.07, 6.45) is 1.93. The lowest BCUT2D eigenvalue weighted by Crippen LogP contribution is -2.29. The van der Waals surface area contributed by atoms with E-state index in [0.29, 0.717) is 11.3 Å². The molecule has 2 aromatic rings. The zero-order chi connectivity index (χ0) is 19.1. The molecular formula is C20H20N2O4. The maximum Gasteiger partial charge on any atom is 0.331 e. The average Bonchev–Trinajstić information content (AvgIpc) is 2.60. The molecule has 0 radical (unpaired) electrons. The van der Waals surface area contributed by atoms with E-state index in [2.05, 4.69) is 5.32 Å². The molecule has 0 saturated heterocycles. The first-order valence-corrected chi connectivity index (χ1v) is 8.01. The molecule has 134 valence electrons. The fourth-order valence-corrected chi connectivity index (χ4v) is 2.17. The van der Waals surface area contributed by atoms with E-state index in [9.17, 15) is 14.4 Å². The molecule has 0 spiro atoms. The number of aryl methyl sites for hydroxylation is 1. The largest absolute Gasteiger partial charge is 0.449 e. The summed E-state index contributed by atoms with van der Waals surface area (Å²) >= 11 is 0. The molecule has 0 aliphatic rings. The maximum atomic E-state index is 12.1. The normalized spacial score (nSPS) is 11.8. The van der Waals surface area contributed by atoms with E-state index < -0.39 is 23.9 Å². The highest BCUT2D eigenvalue weighted by molar-refractivity contribution is 5.97. The van der Waals surface area contributed by atoms with E-state index in [4.69, 9.17) is 10.5 Å². The zero-order valence-corrected chi connectivity index (χ0v) is 14.6. The van der Waals surface area contributed by atoms with Gasteiger partial charge in [0.1, 0.15) is 0 Å². The molecule has 0 aromatic heterocycles. The van der Waals surface area contributed by atoms with Gasteiger partial charge >= 0.3 is 5.97 Å². The van der Waals surface area contributed by atoms with Crippen LogP contribution < -0.4 is 11.1 Å². The number of carbonyl (C=O) groups is 3. The van der Waals surface area contributed by atoms with Gasteiger partial charge in [0.2, 0.25) is 5.91 Å². The molecule has 0 bridgehead atoms. The van der Waals surface area contributed by atoms with Crippen LogP contribution in [0.15, 0.2) is 54.6 Å². The predicted molar refractivity (Wildman–Crippen MR) is 99.4 cm³/mol. The average molecular weight is 352 g/mol. The van der Waals surface area contributed by atoms with Crippen LogP contribution >= 0.6 is 0 Å². The lowest BCUT2D eigenvalue weighted by Gasteiger charge is -2.12. The zero-order valence-electron chi connectivity index (χ0n) is 14.6. The Morgan fingerprint density at radius 3 is 2.42 bits per heavy atom. The van der Waals surface area contributed by atoms with Crippen LogP contribution in [0, 0.1) is 6.92 Å². The molecule has 0 heterocycles. The van der Waals surface area contributed by atoms with Gasteiger partial charge in [0, 0.05) is 17.3 Å². The molecule has 26 heavy (non-hydrogen) atoms. The van der Waals surface area contributed by atoms with Crippen molar-refractivity contribution in [2.24, 2.45) is 5.73 Å². The van der Waals surface area contributed by atoms with Crippen LogP contribution in [0.3, 0.4) is 0 Å². The minimum atomic E-state index is -0.972. The Morgan fingerprint density at radius 2 is 1.81 bits per heavy atom. The first kappa shape index (κ1) is 18.9. The number of esters is 1. The van der Waals surface area contributed by atoms with Gasteiger partial charge in [0.05, 0.1) is 0 Å². The third-order valence-electron chi connectivity index (χ3n) is 3.55. The number of anilines is 1. The van der Waals surface area contributed by atoms with Crippen molar-refractivity contribution in [3.8, 4) is 0 Å². The highest BCUT2D eigenvalue weighted by Crippen LogP contribution is 2.11. The number of benzene rings is 2. The van der Waals surface area contributed by atoms with Crippen molar-refractivity contribution in [2.75, 3.05) is 5.32 Å². The van der Waals surface area contributed by atoms with Crippen molar-refractivity contribution in [2.45, 2.75) is 20.0 Å². The van der Waals surface area contributed by atoms with Gasteiger partial charge in [0.25, 0.3) is 5.91 Å². The van der Waals surface area contributed by atoms with Gasteiger partial charge < -0.3 is 15.8 Å². The fraction of sp³-hybridized carbons (Fsp3) is 0.150. The summed E-state index contributed by atoms with van der Waals surface area (Å²) in [6.45, 7) is 3.43. The highest BCUT2D eigenvalue weighted by atomic mass is 16.5. The van der Waals surface area contributed by atoms with Gasteiger partial charge in [-0.1, -0.05) is 29.8 Å². The lowest BCUT2D eigenvalue weighted by atomic mass is 10.1. The highest BCUT2D eigenvalue weighted by Gasteiger charge is 2.16. The second-order valence-corrected chi connectivity index (χ2v) is 5.76. The van der Waals surface area contributed by atoms with Crippen LogP contribution in [0.2, 0.25) is 0 Å². The summed E-state index contributed by atoms with van der Waals surface area (Å²) in [5, 5.41) is 2.60. The summed E-state index contributed by atoms with van der Waals surface area (Å²) in [4.78, 5) is 34.9. The van der Waals surface area contributed by atoms with E-state index >= 15 is 0 Å². The Morgan fingerprint density at radius 1 is 1.12 bits per heavy atom. The number of carbonyl (C=O) groups excluding carboxylic acids is 3. The van der Waals surface area contributed by atoms with Crippen LogP contribution in [-0.4, -0.2) is 23.9 Å². The molecule has 0 unspecified atom stereocenters. The number of hydrogen-bond donors (Lipinski definition) is 2. The van der Waals surface area contributed by atoms with Crippen molar-refractivity contribution in [3.63, 3.8) is 0 Å². The SMILES string of the molecule is Cc1cccc(/C=C/C(=O)O[C@@H](C)C(=O)Nc2ccc(C(N)=O)cc2)c1. The van der Waals surface area contributed by atoms with Crippen molar-refractivity contribution in [1.82, 2.24) is 0 Å². The minimum absolute atomic E-state index is 0.337. The summed E-state index contributed by atoms with van der Waals surface area (Å²) in [7, 11) is 0. The van der Waals surface area contributed by atoms with Crippen LogP contribution in [0.1, 0.15) is 28.4 Å². The molecule has 0 saturated carbocycles. The van der Waals surface area contributed by atoms with Gasteiger partial charge in [-0.3, -0.25) is 9.59 Å². The van der Waals surface area contributed by atoms with Gasteiger partial charge in [-0.2, -0.15) is 0 Å². The number of primary amides is 1. The second kappa shape index (κ2) is 8.62. The number of nitrogens with one attached hydrogen (secondary N) is 1. The standard InChI is InChI=1S/C20H20N2O4/c1-13-4-3-5-15(12-13)6-11-18(23)26-14(2)20(25)22-17-9-7-16(8-10-17)19(21)24/h3-12,14H,1-2H3,(H2,21,24)(H,22,25)/b11-6+/t14-/m0/s1. The van der Waals surface area contributed by atoms with E-state index in [1.165, 1.54) is 25.1 Å². The first-order chi connectivity index (χ1) is 12.3. The Bertz CT molecular complexity index is 841. The van der Waals surface area contributed by atoms with Crippen molar-refractivity contribution in [3.05, 3.63) is 71.3 Å². The van der Waals surface area contributed by atoms with Gasteiger partial charge in [0.15, 0.2) is 6.10 Å². The topological polar surface area (TPSA) is 98.5 Å². The number of ether oxygens (including phenoxy) is 1. The molecule has 6 heteroatoms. The molecule has 0 aliphatic carbocycles. The first-order valence-electron chi connectivity index (χ1n) is 8.01. The third kappa shape index (κ3) is 5.59. The van der Waals surface area contributed by atoms with E-state index in [-0.39, 0.29) is 0 Å². The van der Waals surface area contributed by atoms with E-state index in [1.54, 1.807) is 18.2 Å². The molecule has 0 aliphatic heterocycles. The molecule has 0 fully saturated rings. The van der Waals surface area contributed by atoms with Crippen LogP contribution in [0.4, 0.5) is 5.69 Å². The Hall–Kier alpha value is -3.41. The molecule has 2 amide bonds. The van der Waals surface area contributed by atoms with Crippen molar-refractivity contribution < 1.29 is 19.1 Å². The Kier molecular flexibility index (Phi) is 6.27. The molecule has 2 aromatic carbocycles. The van der Waals surface area contributed by atoms with Crippen molar-refractivity contribution in [1.29, 1.82) is 0 Å². The Balaban J connectivity index is 1.89. The van der Waals surface area contributed by atoms with Crippen LogP contribution in [-0.2, 0) is 14.3 Å². The lowest BCUT2D eigenvalue weighted by molar-refractivity contribution is -0.148. The summed E-state index contributed by atoms with van der Waals surface area (Å²) in [6, 6.07) is 13.7. The van der Waals surface area contributed by atoms with Gasteiger partial charge in [-0.25, -0.2) is 4.79 Å².